The van der Waals surface area contributed by atoms with Gasteiger partial charge in [-0.3, -0.25) is 9.97 Å². The van der Waals surface area contributed by atoms with Crippen molar-refractivity contribution < 1.29 is 0 Å². The van der Waals surface area contributed by atoms with E-state index in [0.717, 1.165) is 42.4 Å². The molecule has 1 fully saturated rings. The van der Waals surface area contributed by atoms with E-state index in [9.17, 15) is 0 Å². The zero-order chi connectivity index (χ0) is 18.4. The van der Waals surface area contributed by atoms with Gasteiger partial charge in [0, 0.05) is 42.1 Å². The van der Waals surface area contributed by atoms with Gasteiger partial charge in [-0.1, -0.05) is 24.9 Å². The van der Waals surface area contributed by atoms with Crippen molar-refractivity contribution in [2.45, 2.75) is 32.6 Å². The Morgan fingerprint density at radius 1 is 1.31 bits per heavy atom. The van der Waals surface area contributed by atoms with Crippen molar-refractivity contribution in [1.29, 1.82) is 5.41 Å². The van der Waals surface area contributed by atoms with Gasteiger partial charge in [0.15, 0.2) is 0 Å². The molecule has 2 heterocycles. The molecule has 1 aliphatic carbocycles. The third kappa shape index (κ3) is 5.05. The van der Waals surface area contributed by atoms with Crippen LogP contribution >= 0.6 is 11.6 Å². The predicted octanol–water partition coefficient (Wildman–Crippen LogP) is 5.01. The molecule has 0 aliphatic heterocycles. The number of hydrogen-bond donors (Lipinski definition) is 3. The molecule has 0 spiro atoms. The fraction of sp³-hybridized carbons (Fsp3) is 0.350. The van der Waals surface area contributed by atoms with Crippen LogP contribution in [0.2, 0.25) is 5.02 Å². The third-order valence-corrected chi connectivity index (χ3v) is 4.57. The third-order valence-electron chi connectivity index (χ3n) is 4.28. The summed E-state index contributed by atoms with van der Waals surface area (Å²) in [7, 11) is 0. The second-order valence-electron chi connectivity index (χ2n) is 6.55. The molecule has 1 aliphatic rings. The number of rotatable bonds is 9. The molecular weight excluding hydrogens is 346 g/mol. The van der Waals surface area contributed by atoms with E-state index in [1.54, 1.807) is 18.6 Å². The fourth-order valence-electron chi connectivity index (χ4n) is 2.63. The Morgan fingerprint density at radius 3 is 2.85 bits per heavy atom. The van der Waals surface area contributed by atoms with Crippen LogP contribution in [0.5, 0.6) is 0 Å². The zero-order valence-corrected chi connectivity index (χ0v) is 15.7. The summed E-state index contributed by atoms with van der Waals surface area (Å²) < 4.78 is 0. The number of hydrogen-bond acceptors (Lipinski definition) is 5. The maximum absolute atomic E-state index is 7.71. The summed E-state index contributed by atoms with van der Waals surface area (Å²) in [6, 6.07) is 5.79. The summed E-state index contributed by atoms with van der Waals surface area (Å²) in [5.74, 6) is 0.785. The highest BCUT2D eigenvalue weighted by Crippen LogP contribution is 2.30. The number of anilines is 2. The van der Waals surface area contributed by atoms with Crippen LogP contribution in [0.1, 0.15) is 37.6 Å². The molecule has 5 nitrogen and oxygen atoms in total. The molecule has 0 aromatic carbocycles. The molecule has 3 N–H and O–H groups in total. The van der Waals surface area contributed by atoms with Gasteiger partial charge in [0.1, 0.15) is 0 Å². The van der Waals surface area contributed by atoms with E-state index in [1.807, 2.05) is 18.2 Å². The SMILES string of the molecule is CCCc1cc(N/C=C(\C=N)c2ncc(NCC3CC3)cc2Cl)ccn1. The summed E-state index contributed by atoms with van der Waals surface area (Å²) >= 11 is 6.40. The molecular formula is C20H24ClN5. The number of pyridine rings is 2. The highest BCUT2D eigenvalue weighted by molar-refractivity contribution is 6.33. The summed E-state index contributed by atoms with van der Waals surface area (Å²) in [5.41, 5.74) is 4.11. The summed E-state index contributed by atoms with van der Waals surface area (Å²) in [4.78, 5) is 8.79. The molecule has 2 aromatic heterocycles. The summed E-state index contributed by atoms with van der Waals surface area (Å²) in [6.07, 6.45) is 11.2. The Morgan fingerprint density at radius 2 is 2.15 bits per heavy atom. The monoisotopic (exact) mass is 369 g/mol. The molecule has 0 unspecified atom stereocenters. The number of nitrogens with one attached hydrogen (secondary N) is 3. The number of aryl methyl sites for hydroxylation is 1. The maximum atomic E-state index is 7.71. The molecule has 0 saturated heterocycles. The zero-order valence-electron chi connectivity index (χ0n) is 14.9. The van der Waals surface area contributed by atoms with Crippen molar-refractivity contribution >= 4 is 34.8 Å². The quantitative estimate of drug-likeness (QED) is 0.543. The van der Waals surface area contributed by atoms with Gasteiger partial charge in [-0.15, -0.1) is 0 Å². The molecule has 2 aromatic rings. The minimum atomic E-state index is 0.531. The van der Waals surface area contributed by atoms with Crippen LogP contribution in [0.25, 0.3) is 5.57 Å². The topological polar surface area (TPSA) is 73.7 Å². The first kappa shape index (κ1) is 18.4. The Labute approximate surface area is 159 Å². The molecule has 0 radical (unpaired) electrons. The Balaban J connectivity index is 1.71. The lowest BCUT2D eigenvalue weighted by Gasteiger charge is -2.10. The van der Waals surface area contributed by atoms with E-state index in [0.29, 0.717) is 16.3 Å². The van der Waals surface area contributed by atoms with Gasteiger partial charge in [-0.25, -0.2) is 0 Å². The van der Waals surface area contributed by atoms with Crippen molar-refractivity contribution in [3.63, 3.8) is 0 Å². The smallest absolute Gasteiger partial charge is 0.0919 e. The van der Waals surface area contributed by atoms with Gasteiger partial charge < -0.3 is 16.0 Å². The predicted molar refractivity (Wildman–Crippen MR) is 109 cm³/mol. The van der Waals surface area contributed by atoms with E-state index >= 15 is 0 Å². The van der Waals surface area contributed by atoms with Crippen LogP contribution in [0, 0.1) is 11.3 Å². The number of halogens is 1. The highest BCUT2D eigenvalue weighted by atomic mass is 35.5. The van der Waals surface area contributed by atoms with Crippen LogP contribution in [0.4, 0.5) is 11.4 Å². The number of aromatic nitrogens is 2. The molecule has 26 heavy (non-hydrogen) atoms. The molecule has 6 heteroatoms. The van der Waals surface area contributed by atoms with Crippen LogP contribution in [0.3, 0.4) is 0 Å². The van der Waals surface area contributed by atoms with Gasteiger partial charge in [0.05, 0.1) is 22.6 Å². The van der Waals surface area contributed by atoms with E-state index in [2.05, 4.69) is 27.5 Å². The molecule has 0 amide bonds. The van der Waals surface area contributed by atoms with Gasteiger partial charge in [0.25, 0.3) is 0 Å². The minimum Gasteiger partial charge on any atom is -0.383 e. The Bertz CT molecular complexity index is 799. The summed E-state index contributed by atoms with van der Waals surface area (Å²) in [6.45, 7) is 3.10. The minimum absolute atomic E-state index is 0.531. The number of allylic oxidation sites excluding steroid dienone is 1. The lowest BCUT2D eigenvalue weighted by molar-refractivity contribution is 0.883. The van der Waals surface area contributed by atoms with Gasteiger partial charge in [-0.2, -0.15) is 0 Å². The first-order chi connectivity index (χ1) is 12.7. The van der Waals surface area contributed by atoms with Crippen molar-refractivity contribution in [2.75, 3.05) is 17.2 Å². The molecule has 0 atom stereocenters. The van der Waals surface area contributed by atoms with E-state index < -0.39 is 0 Å². The summed E-state index contributed by atoms with van der Waals surface area (Å²) in [5, 5.41) is 14.8. The molecule has 0 bridgehead atoms. The molecule has 3 rings (SSSR count). The van der Waals surface area contributed by atoms with Crippen molar-refractivity contribution in [3.05, 3.63) is 53.2 Å². The second-order valence-corrected chi connectivity index (χ2v) is 6.96. The van der Waals surface area contributed by atoms with Gasteiger partial charge in [0.2, 0.25) is 0 Å². The van der Waals surface area contributed by atoms with Crippen LogP contribution < -0.4 is 10.6 Å². The largest absolute Gasteiger partial charge is 0.383 e. The molecule has 1 saturated carbocycles. The van der Waals surface area contributed by atoms with Crippen LogP contribution in [-0.2, 0) is 6.42 Å². The first-order valence-corrected chi connectivity index (χ1v) is 9.39. The van der Waals surface area contributed by atoms with Crippen LogP contribution in [0.15, 0.2) is 36.8 Å². The highest BCUT2D eigenvalue weighted by Gasteiger charge is 2.20. The normalized spacial score (nSPS) is 14.2. The van der Waals surface area contributed by atoms with Gasteiger partial charge in [-0.05, 0) is 43.4 Å². The second kappa shape index (κ2) is 8.81. The average Bonchev–Trinajstić information content (AvgIpc) is 3.47. The van der Waals surface area contributed by atoms with E-state index in [-0.39, 0.29) is 0 Å². The van der Waals surface area contributed by atoms with Crippen LogP contribution in [-0.4, -0.2) is 22.7 Å². The standard InChI is InChI=1S/C20H24ClN5/c1-2-3-16-8-17(6-7-23-16)25-12-15(10-22)20-19(21)9-18(13-26-20)24-11-14-4-5-14/h6-10,12-14,22,24H,2-5,11H2,1H3,(H,23,25)/b15-12+,22-10?. The van der Waals surface area contributed by atoms with E-state index in [1.165, 1.54) is 19.1 Å². The van der Waals surface area contributed by atoms with Crippen molar-refractivity contribution in [2.24, 2.45) is 5.92 Å². The maximum Gasteiger partial charge on any atom is 0.0919 e. The van der Waals surface area contributed by atoms with Gasteiger partial charge >= 0.3 is 0 Å². The van der Waals surface area contributed by atoms with E-state index in [4.69, 9.17) is 17.0 Å². The lowest BCUT2D eigenvalue weighted by Crippen LogP contribution is -2.04. The Hall–Kier alpha value is -2.40. The first-order valence-electron chi connectivity index (χ1n) is 9.01. The fourth-order valence-corrected chi connectivity index (χ4v) is 2.91. The van der Waals surface area contributed by atoms with Crippen molar-refractivity contribution in [3.8, 4) is 0 Å². The lowest BCUT2D eigenvalue weighted by atomic mass is 10.2. The number of nitrogens with zero attached hydrogens (tertiary/aromatic N) is 2. The average molecular weight is 370 g/mol. The van der Waals surface area contributed by atoms with Crippen molar-refractivity contribution in [1.82, 2.24) is 9.97 Å². The Kier molecular flexibility index (Phi) is 6.23. The molecule has 136 valence electrons.